The summed E-state index contributed by atoms with van der Waals surface area (Å²) in [5.74, 6) is 0.885. The standard InChI is InChI=1S/C17H20N2O/c1-20-16-7-6-14(11-18)17(10-16)19-9-8-13-4-2-3-5-15(13)12-19/h2-7,10H,8-9,11-12,18H2,1H3. The van der Waals surface area contributed by atoms with Gasteiger partial charge in [-0.15, -0.1) is 0 Å². The van der Waals surface area contributed by atoms with Crippen molar-refractivity contribution in [1.29, 1.82) is 0 Å². The Morgan fingerprint density at radius 3 is 2.70 bits per heavy atom. The van der Waals surface area contributed by atoms with E-state index in [-0.39, 0.29) is 0 Å². The highest BCUT2D eigenvalue weighted by Gasteiger charge is 2.18. The third-order valence-electron chi connectivity index (χ3n) is 3.98. The number of rotatable bonds is 3. The van der Waals surface area contributed by atoms with E-state index in [1.54, 1.807) is 7.11 Å². The van der Waals surface area contributed by atoms with Crippen LogP contribution in [0.1, 0.15) is 16.7 Å². The molecule has 0 saturated heterocycles. The lowest BCUT2D eigenvalue weighted by Gasteiger charge is -2.32. The van der Waals surface area contributed by atoms with Crippen molar-refractivity contribution in [3.63, 3.8) is 0 Å². The lowest BCUT2D eigenvalue weighted by atomic mass is 9.98. The second-order valence-corrected chi connectivity index (χ2v) is 5.14. The molecule has 0 bridgehead atoms. The fourth-order valence-corrected chi connectivity index (χ4v) is 2.84. The van der Waals surface area contributed by atoms with E-state index in [0.29, 0.717) is 6.54 Å². The van der Waals surface area contributed by atoms with Gasteiger partial charge in [-0.05, 0) is 29.2 Å². The normalized spacial score (nSPS) is 14.0. The quantitative estimate of drug-likeness (QED) is 0.930. The second kappa shape index (κ2) is 5.55. The molecule has 20 heavy (non-hydrogen) atoms. The summed E-state index contributed by atoms with van der Waals surface area (Å²) in [7, 11) is 1.70. The Hall–Kier alpha value is -2.00. The van der Waals surface area contributed by atoms with Crippen LogP contribution in [0.4, 0.5) is 5.69 Å². The Balaban J connectivity index is 1.94. The molecule has 0 spiro atoms. The largest absolute Gasteiger partial charge is 0.497 e. The van der Waals surface area contributed by atoms with Gasteiger partial charge in [0.1, 0.15) is 5.75 Å². The summed E-state index contributed by atoms with van der Waals surface area (Å²) in [6.07, 6.45) is 1.08. The topological polar surface area (TPSA) is 38.5 Å². The van der Waals surface area contributed by atoms with Crippen molar-refractivity contribution in [1.82, 2.24) is 0 Å². The van der Waals surface area contributed by atoms with Gasteiger partial charge in [0.05, 0.1) is 7.11 Å². The zero-order valence-corrected chi connectivity index (χ0v) is 11.8. The van der Waals surface area contributed by atoms with E-state index in [1.807, 2.05) is 6.07 Å². The number of hydrogen-bond acceptors (Lipinski definition) is 3. The number of nitrogens with zero attached hydrogens (tertiary/aromatic N) is 1. The van der Waals surface area contributed by atoms with E-state index in [0.717, 1.165) is 25.3 Å². The van der Waals surface area contributed by atoms with E-state index in [4.69, 9.17) is 10.5 Å². The van der Waals surface area contributed by atoms with Crippen LogP contribution in [0.25, 0.3) is 0 Å². The van der Waals surface area contributed by atoms with E-state index >= 15 is 0 Å². The minimum absolute atomic E-state index is 0.553. The fraction of sp³-hybridized carbons (Fsp3) is 0.294. The minimum atomic E-state index is 0.553. The summed E-state index contributed by atoms with van der Waals surface area (Å²) >= 11 is 0. The number of nitrogens with two attached hydrogens (primary N) is 1. The van der Waals surface area contributed by atoms with Gasteiger partial charge in [0.15, 0.2) is 0 Å². The molecule has 3 nitrogen and oxygen atoms in total. The monoisotopic (exact) mass is 268 g/mol. The molecule has 1 aliphatic heterocycles. The van der Waals surface area contributed by atoms with E-state index in [1.165, 1.54) is 22.4 Å². The maximum Gasteiger partial charge on any atom is 0.120 e. The van der Waals surface area contributed by atoms with Crippen molar-refractivity contribution < 1.29 is 4.74 Å². The Labute approximate surface area is 120 Å². The zero-order chi connectivity index (χ0) is 13.9. The van der Waals surface area contributed by atoms with Gasteiger partial charge in [-0.2, -0.15) is 0 Å². The molecular formula is C17H20N2O. The molecule has 2 N–H and O–H groups in total. The van der Waals surface area contributed by atoms with Gasteiger partial charge in [0.25, 0.3) is 0 Å². The van der Waals surface area contributed by atoms with Crippen LogP contribution < -0.4 is 15.4 Å². The number of anilines is 1. The Morgan fingerprint density at radius 2 is 1.95 bits per heavy atom. The van der Waals surface area contributed by atoms with Crippen LogP contribution in [-0.2, 0) is 19.5 Å². The first-order chi connectivity index (χ1) is 9.81. The molecule has 0 fully saturated rings. The first kappa shape index (κ1) is 13.0. The van der Waals surface area contributed by atoms with E-state index in [2.05, 4.69) is 41.3 Å². The molecule has 104 valence electrons. The van der Waals surface area contributed by atoms with Gasteiger partial charge < -0.3 is 15.4 Å². The van der Waals surface area contributed by atoms with Crippen LogP contribution in [0.3, 0.4) is 0 Å². The van der Waals surface area contributed by atoms with Crippen molar-refractivity contribution in [2.45, 2.75) is 19.5 Å². The Morgan fingerprint density at radius 1 is 1.15 bits per heavy atom. The van der Waals surface area contributed by atoms with Gasteiger partial charge in [-0.3, -0.25) is 0 Å². The number of benzene rings is 2. The average Bonchev–Trinajstić information content (AvgIpc) is 2.53. The Bertz CT molecular complexity index is 610. The fourth-order valence-electron chi connectivity index (χ4n) is 2.84. The van der Waals surface area contributed by atoms with Crippen molar-refractivity contribution in [2.24, 2.45) is 5.73 Å². The van der Waals surface area contributed by atoms with Crippen LogP contribution in [0, 0.1) is 0 Å². The van der Waals surface area contributed by atoms with E-state index < -0.39 is 0 Å². The molecule has 0 aromatic heterocycles. The van der Waals surface area contributed by atoms with Crippen LogP contribution in [-0.4, -0.2) is 13.7 Å². The third-order valence-corrected chi connectivity index (χ3v) is 3.98. The maximum atomic E-state index is 5.88. The maximum absolute atomic E-state index is 5.88. The first-order valence-electron chi connectivity index (χ1n) is 7.00. The molecule has 0 radical (unpaired) electrons. The summed E-state index contributed by atoms with van der Waals surface area (Å²) in [4.78, 5) is 2.40. The lowest BCUT2D eigenvalue weighted by Crippen LogP contribution is -2.31. The molecule has 3 rings (SSSR count). The SMILES string of the molecule is COc1ccc(CN)c(N2CCc3ccccc3C2)c1. The summed E-state index contributed by atoms with van der Waals surface area (Å²) in [5, 5.41) is 0. The molecule has 2 aromatic carbocycles. The van der Waals surface area contributed by atoms with E-state index in [9.17, 15) is 0 Å². The zero-order valence-electron chi connectivity index (χ0n) is 11.8. The molecule has 0 unspecified atom stereocenters. The Kier molecular flexibility index (Phi) is 3.61. The van der Waals surface area contributed by atoms with Gasteiger partial charge in [0.2, 0.25) is 0 Å². The van der Waals surface area contributed by atoms with Crippen molar-refractivity contribution in [2.75, 3.05) is 18.6 Å². The van der Waals surface area contributed by atoms with Gasteiger partial charge in [-0.1, -0.05) is 30.3 Å². The number of hydrogen-bond donors (Lipinski definition) is 1. The van der Waals surface area contributed by atoms with Crippen molar-refractivity contribution in [3.05, 3.63) is 59.2 Å². The molecular weight excluding hydrogens is 248 g/mol. The predicted octanol–water partition coefficient (Wildman–Crippen LogP) is 2.72. The average molecular weight is 268 g/mol. The summed E-state index contributed by atoms with van der Waals surface area (Å²) in [5.41, 5.74) is 11.1. The molecule has 0 amide bonds. The minimum Gasteiger partial charge on any atom is -0.497 e. The highest BCUT2D eigenvalue weighted by atomic mass is 16.5. The van der Waals surface area contributed by atoms with Gasteiger partial charge >= 0.3 is 0 Å². The summed E-state index contributed by atoms with van der Waals surface area (Å²) in [6, 6.07) is 14.8. The first-order valence-corrected chi connectivity index (χ1v) is 7.00. The van der Waals surface area contributed by atoms with Crippen LogP contribution >= 0.6 is 0 Å². The molecule has 0 aliphatic carbocycles. The van der Waals surface area contributed by atoms with Gasteiger partial charge in [-0.25, -0.2) is 0 Å². The number of ether oxygens (including phenoxy) is 1. The van der Waals surface area contributed by atoms with Crippen molar-refractivity contribution in [3.8, 4) is 5.75 Å². The van der Waals surface area contributed by atoms with Crippen LogP contribution in [0.15, 0.2) is 42.5 Å². The number of methoxy groups -OCH3 is 1. The summed E-state index contributed by atoms with van der Waals surface area (Å²) in [6.45, 7) is 2.52. The van der Waals surface area contributed by atoms with Crippen LogP contribution in [0.5, 0.6) is 5.75 Å². The third kappa shape index (κ3) is 2.37. The smallest absolute Gasteiger partial charge is 0.120 e. The van der Waals surface area contributed by atoms with Crippen LogP contribution in [0.2, 0.25) is 0 Å². The molecule has 3 heteroatoms. The summed E-state index contributed by atoms with van der Waals surface area (Å²) < 4.78 is 5.35. The molecule has 0 saturated carbocycles. The lowest BCUT2D eigenvalue weighted by molar-refractivity contribution is 0.414. The second-order valence-electron chi connectivity index (χ2n) is 5.14. The van der Waals surface area contributed by atoms with Crippen molar-refractivity contribution >= 4 is 5.69 Å². The number of fused-ring (bicyclic) bond motifs is 1. The predicted molar refractivity (Wildman–Crippen MR) is 82.1 cm³/mol. The molecule has 1 aliphatic rings. The highest BCUT2D eigenvalue weighted by Crippen LogP contribution is 2.30. The molecule has 2 aromatic rings. The molecule has 1 heterocycles. The highest BCUT2D eigenvalue weighted by molar-refractivity contribution is 5.58. The van der Waals surface area contributed by atoms with Gasteiger partial charge in [0, 0.05) is 31.4 Å². The molecule has 0 atom stereocenters.